The lowest BCUT2D eigenvalue weighted by Crippen LogP contribution is -2.26. The van der Waals surface area contributed by atoms with Crippen molar-refractivity contribution in [2.24, 2.45) is 13.0 Å². The van der Waals surface area contributed by atoms with Crippen molar-refractivity contribution in [3.05, 3.63) is 24.8 Å². The number of nitrogens with zero attached hydrogens (tertiary/aromatic N) is 5. The lowest BCUT2D eigenvalue weighted by Gasteiger charge is -2.19. The summed E-state index contributed by atoms with van der Waals surface area (Å²) >= 11 is 0. The summed E-state index contributed by atoms with van der Waals surface area (Å²) in [7, 11) is 1.78. The molecule has 1 fully saturated rings. The average molecular weight is 376 g/mol. The van der Waals surface area contributed by atoms with E-state index in [2.05, 4.69) is 20.4 Å². The van der Waals surface area contributed by atoms with Crippen LogP contribution in [0.3, 0.4) is 0 Å². The Labute approximate surface area is 153 Å². The van der Waals surface area contributed by atoms with Crippen LogP contribution in [0.2, 0.25) is 0 Å². The van der Waals surface area contributed by atoms with Crippen LogP contribution >= 0.6 is 0 Å². The molecule has 0 aromatic carbocycles. The second-order valence-corrected chi connectivity index (χ2v) is 6.62. The molecule has 3 aromatic heterocycles. The first kappa shape index (κ1) is 17.4. The number of aromatic nitrogens is 5. The highest BCUT2D eigenvalue weighted by atomic mass is 19.3. The van der Waals surface area contributed by atoms with E-state index >= 15 is 0 Å². The van der Waals surface area contributed by atoms with E-state index in [0.717, 1.165) is 6.33 Å². The van der Waals surface area contributed by atoms with Crippen LogP contribution in [0.1, 0.15) is 19.9 Å². The maximum absolute atomic E-state index is 12.8. The number of hydrogen-bond acceptors (Lipinski definition) is 5. The molecular formula is C17H18F2N6O2. The number of hydrogen-bond donors (Lipinski definition) is 1. The molecule has 2 atom stereocenters. The number of rotatable bonds is 5. The number of nitrogens with one attached hydrogen (secondary N) is 1. The first-order chi connectivity index (χ1) is 12.9. The van der Waals surface area contributed by atoms with Gasteiger partial charge >= 0.3 is 6.55 Å². The summed E-state index contributed by atoms with van der Waals surface area (Å²) < 4.78 is 34.1. The molecule has 0 aliphatic carbocycles. The monoisotopic (exact) mass is 376 g/mol. The molecular weight excluding hydrogens is 358 g/mol. The van der Waals surface area contributed by atoms with Gasteiger partial charge in [0.05, 0.1) is 22.9 Å². The van der Waals surface area contributed by atoms with Crippen LogP contribution in [0.25, 0.3) is 22.3 Å². The molecule has 8 nitrogen and oxygen atoms in total. The lowest BCUT2D eigenvalue weighted by molar-refractivity contribution is -0.119. The number of halogens is 2. The van der Waals surface area contributed by atoms with Crippen LogP contribution in [0.15, 0.2) is 24.8 Å². The molecule has 0 saturated carbocycles. The van der Waals surface area contributed by atoms with Crippen molar-refractivity contribution in [2.45, 2.75) is 26.0 Å². The predicted molar refractivity (Wildman–Crippen MR) is 92.2 cm³/mol. The van der Waals surface area contributed by atoms with Crippen molar-refractivity contribution in [1.29, 1.82) is 0 Å². The fourth-order valence-corrected chi connectivity index (χ4v) is 3.14. The molecule has 10 heteroatoms. The Hall–Kier alpha value is -3.04. The molecule has 142 valence electrons. The van der Waals surface area contributed by atoms with Gasteiger partial charge in [0, 0.05) is 38.3 Å². The maximum Gasteiger partial charge on any atom is 0.319 e. The summed E-state index contributed by atoms with van der Waals surface area (Å²) in [6, 6.07) is 1.69. The molecule has 1 aliphatic heterocycles. The molecule has 0 spiro atoms. The van der Waals surface area contributed by atoms with E-state index in [0.29, 0.717) is 45.7 Å². The normalized spacial score (nSPS) is 18.3. The summed E-state index contributed by atoms with van der Waals surface area (Å²) in [5, 5.41) is 7.86. The van der Waals surface area contributed by atoms with Gasteiger partial charge in [0.15, 0.2) is 0 Å². The second-order valence-electron chi connectivity index (χ2n) is 6.62. The fourth-order valence-electron chi connectivity index (χ4n) is 3.14. The Kier molecular flexibility index (Phi) is 4.25. The number of pyridine rings is 1. The number of amides is 1. The van der Waals surface area contributed by atoms with Crippen LogP contribution in [-0.2, 0) is 11.8 Å². The zero-order valence-corrected chi connectivity index (χ0v) is 14.8. The Morgan fingerprint density at radius 3 is 2.81 bits per heavy atom. The van der Waals surface area contributed by atoms with E-state index in [1.54, 1.807) is 24.0 Å². The minimum atomic E-state index is -2.67. The third-order valence-electron chi connectivity index (χ3n) is 4.64. The van der Waals surface area contributed by atoms with Crippen molar-refractivity contribution < 1.29 is 18.3 Å². The molecule has 3 aromatic rings. The second kappa shape index (κ2) is 6.60. The highest BCUT2D eigenvalue weighted by molar-refractivity contribution is 5.86. The van der Waals surface area contributed by atoms with E-state index < -0.39 is 6.55 Å². The van der Waals surface area contributed by atoms with Crippen LogP contribution in [0.5, 0.6) is 5.88 Å². The van der Waals surface area contributed by atoms with Crippen molar-refractivity contribution in [2.75, 3.05) is 6.54 Å². The van der Waals surface area contributed by atoms with E-state index in [1.807, 2.05) is 6.92 Å². The van der Waals surface area contributed by atoms with E-state index in [9.17, 15) is 13.6 Å². The number of ether oxygens (including phenoxy) is 1. The fraction of sp³-hybridized carbons (Fsp3) is 0.412. The predicted octanol–water partition coefficient (Wildman–Crippen LogP) is 2.13. The Morgan fingerprint density at radius 1 is 1.33 bits per heavy atom. The van der Waals surface area contributed by atoms with Gasteiger partial charge in [0.2, 0.25) is 11.8 Å². The molecule has 1 saturated heterocycles. The Bertz CT molecular complexity index is 999. The number of imidazole rings is 1. The van der Waals surface area contributed by atoms with Crippen LogP contribution in [-0.4, -0.2) is 42.9 Å². The van der Waals surface area contributed by atoms with E-state index in [1.165, 1.54) is 6.20 Å². The third kappa shape index (κ3) is 3.34. The molecule has 1 aliphatic rings. The summed E-state index contributed by atoms with van der Waals surface area (Å²) in [4.78, 5) is 19.9. The van der Waals surface area contributed by atoms with Crippen molar-refractivity contribution >= 4 is 16.8 Å². The van der Waals surface area contributed by atoms with Crippen LogP contribution < -0.4 is 10.1 Å². The smallest absolute Gasteiger partial charge is 0.319 e. The molecule has 4 rings (SSSR count). The van der Waals surface area contributed by atoms with E-state index in [-0.39, 0.29) is 17.9 Å². The van der Waals surface area contributed by atoms with E-state index in [4.69, 9.17) is 4.74 Å². The zero-order valence-electron chi connectivity index (χ0n) is 14.8. The van der Waals surface area contributed by atoms with Gasteiger partial charge < -0.3 is 10.1 Å². The third-order valence-corrected chi connectivity index (χ3v) is 4.64. The number of carbonyl (C=O) groups excluding carboxylic acids is 1. The molecule has 1 N–H and O–H groups in total. The topological polar surface area (TPSA) is 86.9 Å². The molecule has 1 amide bonds. The average Bonchev–Trinajstić information content (AvgIpc) is 3.32. The minimum absolute atomic E-state index is 0.00113. The Morgan fingerprint density at radius 2 is 2.15 bits per heavy atom. The number of carbonyl (C=O) groups is 1. The SMILES string of the molecule is C[C@@H](Oc1nc(-c2cn(C(F)F)cn2)cc2nn(C)cc12)C1CNC(=O)C1. The van der Waals surface area contributed by atoms with Crippen molar-refractivity contribution in [3.8, 4) is 17.3 Å². The molecule has 0 bridgehead atoms. The molecule has 27 heavy (non-hydrogen) atoms. The zero-order chi connectivity index (χ0) is 19.1. The van der Waals surface area contributed by atoms with Crippen molar-refractivity contribution in [1.82, 2.24) is 29.6 Å². The van der Waals surface area contributed by atoms with Gasteiger partial charge in [-0.2, -0.15) is 13.9 Å². The van der Waals surface area contributed by atoms with Crippen molar-refractivity contribution in [3.63, 3.8) is 0 Å². The number of aryl methyl sites for hydroxylation is 1. The highest BCUT2D eigenvalue weighted by Crippen LogP contribution is 2.30. The summed E-state index contributed by atoms with van der Waals surface area (Å²) in [6.07, 6.45) is 4.21. The van der Waals surface area contributed by atoms with Gasteiger partial charge in [0.1, 0.15) is 11.8 Å². The van der Waals surface area contributed by atoms with Crippen LogP contribution in [0, 0.1) is 5.92 Å². The molecule has 4 heterocycles. The van der Waals surface area contributed by atoms with Gasteiger partial charge in [-0.05, 0) is 13.0 Å². The maximum atomic E-state index is 12.8. The summed E-state index contributed by atoms with van der Waals surface area (Å²) in [6.45, 7) is -0.241. The first-order valence-corrected chi connectivity index (χ1v) is 8.50. The molecule has 0 radical (unpaired) electrons. The molecule has 1 unspecified atom stereocenters. The quantitative estimate of drug-likeness (QED) is 0.737. The number of fused-ring (bicyclic) bond motifs is 1. The first-order valence-electron chi connectivity index (χ1n) is 8.50. The Balaban J connectivity index is 1.70. The highest BCUT2D eigenvalue weighted by Gasteiger charge is 2.29. The lowest BCUT2D eigenvalue weighted by atomic mass is 10.0. The van der Waals surface area contributed by atoms with Gasteiger partial charge in [0.25, 0.3) is 0 Å². The van der Waals surface area contributed by atoms with Gasteiger partial charge in [-0.3, -0.25) is 14.0 Å². The minimum Gasteiger partial charge on any atom is -0.474 e. The number of alkyl halides is 2. The summed E-state index contributed by atoms with van der Waals surface area (Å²) in [5.74, 6) is 0.378. The van der Waals surface area contributed by atoms with Crippen LogP contribution in [0.4, 0.5) is 8.78 Å². The van der Waals surface area contributed by atoms with Gasteiger partial charge in [-0.15, -0.1) is 0 Å². The van der Waals surface area contributed by atoms with Gasteiger partial charge in [-0.25, -0.2) is 9.97 Å². The van der Waals surface area contributed by atoms with Gasteiger partial charge in [-0.1, -0.05) is 0 Å². The standard InChI is InChI=1S/C17H18F2N6O2/c1-9(10-3-15(26)20-5-10)27-16-11-6-24(2)23-12(11)4-13(22-16)14-7-25(8-21-14)17(18)19/h4,6-10,17H,3,5H2,1-2H3,(H,20,26)/t9-,10?/m1/s1. The largest absolute Gasteiger partial charge is 0.474 e. The summed E-state index contributed by atoms with van der Waals surface area (Å²) in [5.41, 5.74) is 1.32.